The lowest BCUT2D eigenvalue weighted by atomic mass is 10.1. The normalized spacial score (nSPS) is 17.0. The van der Waals surface area contributed by atoms with Crippen LogP contribution in [-0.2, 0) is 14.3 Å². The van der Waals surface area contributed by atoms with Gasteiger partial charge in [-0.25, -0.2) is 4.39 Å². The number of nitrogens with one attached hydrogen (secondary N) is 1. The number of hydrogen-bond donors (Lipinski definition) is 2. The molecule has 0 unspecified atom stereocenters. The van der Waals surface area contributed by atoms with E-state index in [1.54, 1.807) is 0 Å². The Balaban J connectivity index is 1.78. The minimum atomic E-state index is -0.785. The van der Waals surface area contributed by atoms with Crippen LogP contribution in [0.25, 0.3) is 0 Å². The first-order chi connectivity index (χ1) is 12.3. The Morgan fingerprint density at radius 2 is 2.04 bits per heavy atom. The quantitative estimate of drug-likeness (QED) is 0.561. The Hall–Kier alpha value is -1.41. The monoisotopic (exact) mass is 405 g/mol. The van der Waals surface area contributed by atoms with Crippen LogP contribution in [0.1, 0.15) is 26.2 Å². The number of likely N-dealkylation sites (tertiary alicyclic amines) is 1. The number of benzene rings is 1. The second-order valence-electron chi connectivity index (χ2n) is 6.26. The number of ether oxygens (including phenoxy) is 1. The van der Waals surface area contributed by atoms with E-state index in [0.717, 1.165) is 25.9 Å². The highest BCUT2D eigenvalue weighted by Gasteiger charge is 2.23. The molecule has 0 saturated carbocycles. The highest BCUT2D eigenvalue weighted by atomic mass is 35.5. The van der Waals surface area contributed by atoms with Gasteiger partial charge in [0.2, 0.25) is 5.91 Å². The topological polar surface area (TPSA) is 84.7 Å². The van der Waals surface area contributed by atoms with Crippen LogP contribution in [0.4, 0.5) is 10.1 Å². The van der Waals surface area contributed by atoms with Crippen LogP contribution in [-0.4, -0.2) is 48.6 Å². The van der Waals surface area contributed by atoms with Crippen LogP contribution >= 0.6 is 23.2 Å². The number of carbonyl (C=O) groups is 2. The molecule has 6 nitrogen and oxygen atoms in total. The molecule has 0 spiro atoms. The van der Waals surface area contributed by atoms with Crippen molar-refractivity contribution in [1.29, 1.82) is 0 Å². The maximum absolute atomic E-state index is 14.0. The summed E-state index contributed by atoms with van der Waals surface area (Å²) in [5, 5.41) is 2.27. The van der Waals surface area contributed by atoms with Gasteiger partial charge in [-0.05, 0) is 31.4 Å². The van der Waals surface area contributed by atoms with Gasteiger partial charge in [-0.1, -0.05) is 23.2 Å². The van der Waals surface area contributed by atoms with Gasteiger partial charge in [0.05, 0.1) is 21.8 Å². The number of anilines is 1. The van der Waals surface area contributed by atoms with Crippen molar-refractivity contribution < 1.29 is 18.7 Å². The van der Waals surface area contributed by atoms with E-state index in [1.165, 1.54) is 19.1 Å². The molecule has 1 aromatic rings. The van der Waals surface area contributed by atoms with Crippen molar-refractivity contribution in [2.24, 2.45) is 5.73 Å². The van der Waals surface area contributed by atoms with E-state index in [2.05, 4.69) is 10.2 Å². The molecular formula is C17H22Cl2FN3O3. The van der Waals surface area contributed by atoms with E-state index >= 15 is 0 Å². The van der Waals surface area contributed by atoms with Crippen LogP contribution in [0.2, 0.25) is 10.0 Å². The van der Waals surface area contributed by atoms with Gasteiger partial charge in [-0.2, -0.15) is 0 Å². The van der Waals surface area contributed by atoms with Crippen LogP contribution in [0, 0.1) is 5.82 Å². The summed E-state index contributed by atoms with van der Waals surface area (Å²) in [4.78, 5) is 25.3. The predicted octanol–water partition coefficient (Wildman–Crippen LogP) is 2.82. The van der Waals surface area contributed by atoms with Crippen molar-refractivity contribution in [3.05, 3.63) is 28.0 Å². The van der Waals surface area contributed by atoms with Gasteiger partial charge < -0.3 is 20.7 Å². The molecule has 26 heavy (non-hydrogen) atoms. The predicted molar refractivity (Wildman–Crippen MR) is 98.9 cm³/mol. The molecule has 1 saturated heterocycles. The van der Waals surface area contributed by atoms with E-state index in [4.69, 9.17) is 33.7 Å². The lowest BCUT2D eigenvalue weighted by Crippen LogP contribution is -2.42. The van der Waals surface area contributed by atoms with E-state index in [1.807, 2.05) is 0 Å². The lowest BCUT2D eigenvalue weighted by Gasteiger charge is -2.31. The van der Waals surface area contributed by atoms with Gasteiger partial charge in [0.25, 0.3) is 0 Å². The van der Waals surface area contributed by atoms with Crippen LogP contribution in [0.15, 0.2) is 12.1 Å². The Bertz CT molecular complexity index is 667. The lowest BCUT2D eigenvalue weighted by molar-refractivity contribution is -0.148. The number of amides is 1. The Morgan fingerprint density at radius 3 is 2.65 bits per heavy atom. The second-order valence-corrected chi connectivity index (χ2v) is 7.04. The first-order valence-electron chi connectivity index (χ1n) is 8.37. The molecule has 1 heterocycles. The summed E-state index contributed by atoms with van der Waals surface area (Å²) >= 11 is 11.4. The summed E-state index contributed by atoms with van der Waals surface area (Å²) in [5.41, 5.74) is 5.85. The third-order valence-corrected chi connectivity index (χ3v) is 5.03. The molecule has 0 aromatic heterocycles. The molecule has 1 aliphatic rings. The highest BCUT2D eigenvalue weighted by Crippen LogP contribution is 2.29. The zero-order chi connectivity index (χ0) is 19.3. The number of rotatable bonds is 6. The minimum absolute atomic E-state index is 0.0432. The van der Waals surface area contributed by atoms with Crippen molar-refractivity contribution in [3.8, 4) is 0 Å². The van der Waals surface area contributed by atoms with Crippen molar-refractivity contribution >= 4 is 40.8 Å². The summed E-state index contributed by atoms with van der Waals surface area (Å²) in [6.45, 7) is 3.58. The SMILES string of the molecule is CC(=O)OC1CCN(CC[C@H](N)C(=O)Nc2ccc(Cl)c(Cl)c2F)CC1. The number of nitrogens with zero attached hydrogens (tertiary/aromatic N) is 1. The molecule has 1 atom stereocenters. The van der Waals surface area contributed by atoms with E-state index in [0.29, 0.717) is 13.0 Å². The summed E-state index contributed by atoms with van der Waals surface area (Å²) in [6, 6.07) is 1.96. The van der Waals surface area contributed by atoms with Crippen molar-refractivity contribution in [2.75, 3.05) is 25.0 Å². The fourth-order valence-corrected chi connectivity index (χ4v) is 3.10. The molecule has 1 fully saturated rings. The molecule has 1 aliphatic heterocycles. The first kappa shape index (κ1) is 20.9. The van der Waals surface area contributed by atoms with Crippen LogP contribution in [0.5, 0.6) is 0 Å². The fraction of sp³-hybridized carbons (Fsp3) is 0.529. The smallest absolute Gasteiger partial charge is 0.302 e. The second kappa shape index (κ2) is 9.50. The standard InChI is InChI=1S/C17H22Cl2FN3O3/c1-10(24)26-11-4-7-23(8-5-11)9-6-13(21)17(25)22-14-3-2-12(18)15(19)16(14)20/h2-3,11,13H,4-9,21H2,1H3,(H,22,25)/t13-/m0/s1. The maximum atomic E-state index is 14.0. The molecule has 1 amide bonds. The van der Waals surface area contributed by atoms with E-state index in [9.17, 15) is 14.0 Å². The number of esters is 1. The van der Waals surface area contributed by atoms with E-state index < -0.39 is 17.8 Å². The van der Waals surface area contributed by atoms with Gasteiger partial charge in [0, 0.05) is 26.6 Å². The molecule has 3 N–H and O–H groups in total. The van der Waals surface area contributed by atoms with Gasteiger partial charge >= 0.3 is 5.97 Å². The number of hydrogen-bond acceptors (Lipinski definition) is 5. The summed E-state index contributed by atoms with van der Waals surface area (Å²) in [6.07, 6.45) is 1.90. The summed E-state index contributed by atoms with van der Waals surface area (Å²) in [7, 11) is 0. The maximum Gasteiger partial charge on any atom is 0.302 e. The first-order valence-corrected chi connectivity index (χ1v) is 9.13. The zero-order valence-electron chi connectivity index (χ0n) is 14.4. The number of halogens is 3. The van der Waals surface area contributed by atoms with Gasteiger partial charge in [-0.15, -0.1) is 0 Å². The van der Waals surface area contributed by atoms with Crippen LogP contribution < -0.4 is 11.1 Å². The van der Waals surface area contributed by atoms with Crippen LogP contribution in [0.3, 0.4) is 0 Å². The van der Waals surface area contributed by atoms with Crippen molar-refractivity contribution in [3.63, 3.8) is 0 Å². The Labute approximate surface area is 161 Å². The van der Waals surface area contributed by atoms with Crippen molar-refractivity contribution in [2.45, 2.75) is 38.3 Å². The molecule has 0 bridgehead atoms. The number of piperidine rings is 1. The molecule has 144 valence electrons. The van der Waals surface area contributed by atoms with Gasteiger partial charge in [0.1, 0.15) is 6.10 Å². The molecule has 1 aromatic carbocycles. The molecule has 0 radical (unpaired) electrons. The average molecular weight is 406 g/mol. The summed E-state index contributed by atoms with van der Waals surface area (Å²) in [5.74, 6) is -1.54. The van der Waals surface area contributed by atoms with E-state index in [-0.39, 0.29) is 27.8 Å². The van der Waals surface area contributed by atoms with Gasteiger partial charge in [-0.3, -0.25) is 9.59 Å². The third-order valence-electron chi connectivity index (χ3n) is 4.25. The summed E-state index contributed by atoms with van der Waals surface area (Å²) < 4.78 is 19.2. The van der Waals surface area contributed by atoms with Gasteiger partial charge in [0.15, 0.2) is 5.82 Å². The largest absolute Gasteiger partial charge is 0.462 e. The third kappa shape index (κ3) is 5.81. The Kier molecular flexibility index (Phi) is 7.64. The molecule has 9 heteroatoms. The fourth-order valence-electron chi connectivity index (χ4n) is 2.79. The minimum Gasteiger partial charge on any atom is -0.462 e. The molecule has 0 aliphatic carbocycles. The average Bonchev–Trinajstić information content (AvgIpc) is 2.60. The number of carbonyl (C=O) groups excluding carboxylic acids is 2. The zero-order valence-corrected chi connectivity index (χ0v) is 15.9. The number of nitrogens with two attached hydrogens (primary N) is 1. The highest BCUT2D eigenvalue weighted by molar-refractivity contribution is 6.42. The molecule has 2 rings (SSSR count). The van der Waals surface area contributed by atoms with Crippen molar-refractivity contribution in [1.82, 2.24) is 4.90 Å². The molecular weight excluding hydrogens is 384 g/mol. The Morgan fingerprint density at radius 1 is 1.38 bits per heavy atom.